The van der Waals surface area contributed by atoms with Crippen molar-refractivity contribution in [1.29, 1.82) is 0 Å². The van der Waals surface area contributed by atoms with Gasteiger partial charge in [-0.3, -0.25) is 9.69 Å². The molecule has 0 spiro atoms. The molecule has 2 amide bonds. The molecule has 2 aromatic rings. The van der Waals surface area contributed by atoms with E-state index in [1.165, 1.54) is 4.90 Å². The van der Waals surface area contributed by atoms with E-state index in [1.807, 2.05) is 18.2 Å². The van der Waals surface area contributed by atoms with Gasteiger partial charge in [0.15, 0.2) is 10.1 Å². The number of hydrogen-bond donors (Lipinski definition) is 1. The van der Waals surface area contributed by atoms with Gasteiger partial charge in [0.1, 0.15) is 0 Å². The number of nitrogens with zero attached hydrogens (tertiary/aromatic N) is 1. The van der Waals surface area contributed by atoms with Crippen molar-refractivity contribution in [3.8, 4) is 0 Å². The van der Waals surface area contributed by atoms with E-state index in [1.54, 1.807) is 30.3 Å². The molecule has 0 saturated heterocycles. The summed E-state index contributed by atoms with van der Waals surface area (Å²) in [7, 11) is 0. The van der Waals surface area contributed by atoms with Crippen molar-refractivity contribution < 1.29 is 9.59 Å². The molecule has 0 fully saturated rings. The van der Waals surface area contributed by atoms with Crippen LogP contribution in [-0.2, 0) is 6.42 Å². The number of carbonyl (C=O) groups is 2. The Kier molecular flexibility index (Phi) is 5.88. The fourth-order valence-corrected chi connectivity index (χ4v) is 2.42. The molecule has 0 aromatic heterocycles. The van der Waals surface area contributed by atoms with Gasteiger partial charge in [-0.05, 0) is 23.8 Å². The molecule has 23 heavy (non-hydrogen) atoms. The number of amides is 2. The average Bonchev–Trinajstić information content (AvgIpc) is 2.61. The predicted molar refractivity (Wildman–Crippen MR) is 94.0 cm³/mol. The maximum atomic E-state index is 12.3. The van der Waals surface area contributed by atoms with Gasteiger partial charge >= 0.3 is 6.03 Å². The maximum Gasteiger partial charge on any atom is 0.323 e. The molecule has 3 rings (SSSR count). The third-order valence-electron chi connectivity index (χ3n) is 3.25. The molecule has 0 radical (unpaired) electrons. The number of urea groups is 1. The van der Waals surface area contributed by atoms with Gasteiger partial charge in [0, 0.05) is 12.0 Å². The lowest BCUT2D eigenvalue weighted by atomic mass is 10.0. The van der Waals surface area contributed by atoms with E-state index in [0.29, 0.717) is 16.9 Å². The molecule has 0 unspecified atom stereocenters. The Balaban J connectivity index is 0.000000433. The van der Waals surface area contributed by atoms with Crippen LogP contribution in [0.1, 0.15) is 15.9 Å². The third-order valence-corrected chi connectivity index (χ3v) is 3.25. The topological polar surface area (TPSA) is 63.4 Å². The van der Waals surface area contributed by atoms with Crippen molar-refractivity contribution in [3.05, 3.63) is 59.7 Å². The fraction of sp³-hybridized carbons (Fsp3) is 0.125. The first-order valence-corrected chi connectivity index (χ1v) is 7.94. The molecule has 1 aliphatic rings. The van der Waals surface area contributed by atoms with Crippen molar-refractivity contribution in [2.24, 2.45) is 5.73 Å². The third kappa shape index (κ3) is 4.16. The van der Waals surface area contributed by atoms with Gasteiger partial charge < -0.3 is 5.73 Å². The molecular formula is C16H13Cl3N2O2. The van der Waals surface area contributed by atoms with Gasteiger partial charge in [-0.2, -0.15) is 0 Å². The number of Topliss-reactive ketones (excluding diaryl/α,β-unsaturated/α-hetero) is 1. The minimum atomic E-state index is -0.750. The Morgan fingerprint density at radius 1 is 1.00 bits per heavy atom. The van der Waals surface area contributed by atoms with Crippen LogP contribution >= 0.6 is 34.8 Å². The van der Waals surface area contributed by atoms with E-state index in [-0.39, 0.29) is 12.2 Å². The summed E-state index contributed by atoms with van der Waals surface area (Å²) >= 11 is 14.4. The number of rotatable bonds is 0. The summed E-state index contributed by atoms with van der Waals surface area (Å²) < 4.78 is -0.750. The molecule has 1 aliphatic heterocycles. The number of nitrogens with two attached hydrogens (primary N) is 1. The van der Waals surface area contributed by atoms with Gasteiger partial charge in [0.2, 0.25) is 0 Å². The van der Waals surface area contributed by atoms with Crippen LogP contribution < -0.4 is 10.6 Å². The molecule has 0 atom stereocenters. The summed E-state index contributed by atoms with van der Waals surface area (Å²) in [6, 6.07) is 13.8. The molecule has 4 nitrogen and oxygen atoms in total. The maximum absolute atomic E-state index is 12.3. The highest BCUT2D eigenvalue weighted by Gasteiger charge is 2.27. The number of halogens is 3. The summed E-state index contributed by atoms with van der Waals surface area (Å²) in [5.41, 5.74) is 8.04. The highest BCUT2D eigenvalue weighted by Crippen LogP contribution is 2.35. The number of fused-ring (bicyclic) bond motifs is 2. The first-order valence-electron chi connectivity index (χ1n) is 6.63. The highest BCUT2D eigenvalue weighted by atomic mass is 35.6. The van der Waals surface area contributed by atoms with E-state index in [9.17, 15) is 9.59 Å². The van der Waals surface area contributed by atoms with Gasteiger partial charge in [-0.1, -0.05) is 65.1 Å². The van der Waals surface area contributed by atoms with Crippen molar-refractivity contribution in [2.75, 3.05) is 4.90 Å². The van der Waals surface area contributed by atoms with Crippen LogP contribution in [0.5, 0.6) is 0 Å². The zero-order chi connectivity index (χ0) is 17.0. The average molecular weight is 372 g/mol. The minimum Gasteiger partial charge on any atom is -0.351 e. The second-order valence-corrected chi connectivity index (χ2v) is 6.65. The number of anilines is 2. The van der Waals surface area contributed by atoms with Crippen LogP contribution in [0.4, 0.5) is 16.2 Å². The number of carbonyl (C=O) groups excluding carboxylic acids is 2. The van der Waals surface area contributed by atoms with E-state index in [4.69, 9.17) is 40.5 Å². The summed E-state index contributed by atoms with van der Waals surface area (Å²) in [6.45, 7) is 0. The normalized spacial score (nSPS) is 12.7. The largest absolute Gasteiger partial charge is 0.351 e. The van der Waals surface area contributed by atoms with Crippen molar-refractivity contribution in [3.63, 3.8) is 0 Å². The number of hydrogen-bond acceptors (Lipinski definition) is 2. The van der Waals surface area contributed by atoms with Gasteiger partial charge in [0.05, 0.1) is 11.4 Å². The zero-order valence-corrected chi connectivity index (χ0v) is 14.1. The van der Waals surface area contributed by atoms with Gasteiger partial charge in [0.25, 0.3) is 0 Å². The molecule has 2 aromatic carbocycles. The second-order valence-electron chi connectivity index (χ2n) is 4.67. The quantitative estimate of drug-likeness (QED) is 0.686. The lowest BCUT2D eigenvalue weighted by Crippen LogP contribution is -2.32. The second kappa shape index (κ2) is 7.68. The summed E-state index contributed by atoms with van der Waals surface area (Å²) in [4.78, 5) is 25.4. The molecule has 1 heterocycles. The Labute approximate surface area is 148 Å². The Bertz CT molecular complexity index is 732. The molecule has 0 saturated carbocycles. The van der Waals surface area contributed by atoms with E-state index in [2.05, 4.69) is 0 Å². The number of para-hydroxylation sites is 2. The van der Waals surface area contributed by atoms with E-state index in [0.717, 1.165) is 5.56 Å². The molecule has 120 valence electrons. The molecule has 7 heteroatoms. The fourth-order valence-electron chi connectivity index (χ4n) is 2.42. The van der Waals surface area contributed by atoms with Crippen LogP contribution in [0.2, 0.25) is 0 Å². The molecule has 0 aliphatic carbocycles. The number of ketones is 1. The Morgan fingerprint density at radius 3 is 2.13 bits per heavy atom. The van der Waals surface area contributed by atoms with Crippen LogP contribution in [-0.4, -0.2) is 16.1 Å². The Morgan fingerprint density at radius 2 is 1.52 bits per heavy atom. The first-order chi connectivity index (χ1) is 10.9. The summed E-state index contributed by atoms with van der Waals surface area (Å²) in [5.74, 6) is -0.00759. The van der Waals surface area contributed by atoms with Crippen LogP contribution in [0.3, 0.4) is 0 Å². The van der Waals surface area contributed by atoms with E-state index < -0.39 is 10.3 Å². The van der Waals surface area contributed by atoms with Crippen molar-refractivity contribution in [2.45, 2.75) is 10.7 Å². The minimum absolute atomic E-state index is 0.00759. The smallest absolute Gasteiger partial charge is 0.323 e. The van der Waals surface area contributed by atoms with E-state index >= 15 is 0 Å². The first kappa shape index (κ1) is 17.6. The van der Waals surface area contributed by atoms with Crippen LogP contribution in [0.15, 0.2) is 48.5 Å². The molecule has 0 bridgehead atoms. The number of primary amides is 1. The van der Waals surface area contributed by atoms with Gasteiger partial charge in [-0.25, -0.2) is 4.79 Å². The van der Waals surface area contributed by atoms with Crippen LogP contribution in [0, 0.1) is 0 Å². The van der Waals surface area contributed by atoms with Crippen molar-refractivity contribution in [1.82, 2.24) is 0 Å². The van der Waals surface area contributed by atoms with Crippen molar-refractivity contribution >= 4 is 58.0 Å². The number of benzene rings is 2. The van der Waals surface area contributed by atoms with Gasteiger partial charge in [-0.15, -0.1) is 0 Å². The summed E-state index contributed by atoms with van der Waals surface area (Å²) in [5, 5.41) is 0. The summed E-state index contributed by atoms with van der Waals surface area (Å²) in [6.07, 6.45) is 0.275. The standard InChI is InChI=1S/C15H12N2O2.CHCl3/c16-15(19)17-12-7-3-1-5-10(12)9-14(18)11-6-2-4-8-13(11)17;2-1(3)4/h1-8H,9H2,(H2,16,19);1H. The molecule has 2 N–H and O–H groups in total. The SMILES string of the molecule is ClC(Cl)Cl.NC(=O)N1c2ccccc2CC(=O)c2ccccc21. The molecular weight excluding hydrogens is 359 g/mol. The predicted octanol–water partition coefficient (Wildman–Crippen LogP) is 4.63. The lowest BCUT2D eigenvalue weighted by Gasteiger charge is -2.22. The monoisotopic (exact) mass is 370 g/mol. The zero-order valence-electron chi connectivity index (χ0n) is 11.9. The highest BCUT2D eigenvalue weighted by molar-refractivity contribution is 6.63. The van der Waals surface area contributed by atoms with Crippen LogP contribution in [0.25, 0.3) is 0 Å². The lowest BCUT2D eigenvalue weighted by molar-refractivity contribution is 0.0994. The Hall–Kier alpha value is -1.75. The number of alkyl halides is 3.